The largest absolute Gasteiger partial charge is 0.300 e. The van der Waals surface area contributed by atoms with E-state index in [1.54, 1.807) is 6.92 Å². The van der Waals surface area contributed by atoms with E-state index in [-0.39, 0.29) is 23.3 Å². The molecule has 0 bridgehead atoms. The van der Waals surface area contributed by atoms with Gasteiger partial charge in [-0.2, -0.15) is 0 Å². The highest BCUT2D eigenvalue weighted by molar-refractivity contribution is 7.91. The van der Waals surface area contributed by atoms with Crippen LogP contribution < -0.4 is 5.14 Å². The Morgan fingerprint density at radius 1 is 1.37 bits per heavy atom. The van der Waals surface area contributed by atoms with E-state index in [0.29, 0.717) is 12.8 Å². The Hall–Kier alpha value is -1.00. The van der Waals surface area contributed by atoms with Gasteiger partial charge in [-0.3, -0.25) is 4.57 Å². The van der Waals surface area contributed by atoms with Gasteiger partial charge in [-0.25, -0.2) is 22.0 Å². The summed E-state index contributed by atoms with van der Waals surface area (Å²) in [6.07, 6.45) is 1.83. The minimum absolute atomic E-state index is 0.0962. The van der Waals surface area contributed by atoms with Crippen LogP contribution in [0.2, 0.25) is 0 Å². The van der Waals surface area contributed by atoms with Gasteiger partial charge in [-0.15, -0.1) is 10.2 Å². The van der Waals surface area contributed by atoms with Crippen molar-refractivity contribution in [1.29, 1.82) is 0 Å². The first kappa shape index (κ1) is 14.4. The second kappa shape index (κ2) is 4.84. The van der Waals surface area contributed by atoms with E-state index in [1.165, 1.54) is 4.57 Å². The Kier molecular flexibility index (Phi) is 3.67. The molecule has 1 aliphatic rings. The average molecular weight is 308 g/mol. The summed E-state index contributed by atoms with van der Waals surface area (Å²) in [5, 5.41) is 11.2. The molecule has 1 unspecified atom stereocenters. The lowest BCUT2D eigenvalue weighted by molar-refractivity contribution is 0.518. The summed E-state index contributed by atoms with van der Waals surface area (Å²) in [5.41, 5.74) is 0. The Balaban J connectivity index is 2.55. The number of nitrogens with zero attached hydrogens (tertiary/aromatic N) is 3. The molecule has 2 N–H and O–H groups in total. The zero-order valence-electron chi connectivity index (χ0n) is 10.5. The summed E-state index contributed by atoms with van der Waals surface area (Å²) < 4.78 is 48.1. The molecule has 2 rings (SSSR count). The molecule has 8 nitrogen and oxygen atoms in total. The Bertz CT molecular complexity index is 677. The summed E-state index contributed by atoms with van der Waals surface area (Å²) in [7, 11) is -7.31. The topological polar surface area (TPSA) is 125 Å². The van der Waals surface area contributed by atoms with E-state index < -0.39 is 25.1 Å². The Morgan fingerprint density at radius 3 is 2.58 bits per heavy atom. The highest BCUT2D eigenvalue weighted by Crippen LogP contribution is 2.32. The number of hydrogen-bond acceptors (Lipinski definition) is 6. The molecule has 1 aromatic rings. The van der Waals surface area contributed by atoms with Gasteiger partial charge >= 0.3 is 0 Å². The number of aromatic nitrogens is 3. The molecule has 0 aliphatic carbocycles. The molecule has 0 radical (unpaired) electrons. The van der Waals surface area contributed by atoms with Crippen molar-refractivity contribution in [3.63, 3.8) is 0 Å². The van der Waals surface area contributed by atoms with E-state index in [1.807, 2.05) is 0 Å². The number of sulfone groups is 1. The lowest BCUT2D eigenvalue weighted by Gasteiger charge is -2.21. The molecule has 0 spiro atoms. The van der Waals surface area contributed by atoms with Crippen LogP contribution >= 0.6 is 0 Å². The van der Waals surface area contributed by atoms with Gasteiger partial charge in [-0.05, 0) is 19.8 Å². The molecule has 1 atom stereocenters. The third-order valence-corrected chi connectivity index (χ3v) is 6.17. The van der Waals surface area contributed by atoms with Crippen molar-refractivity contribution in [1.82, 2.24) is 14.8 Å². The molecule has 10 heteroatoms. The predicted octanol–water partition coefficient (Wildman–Crippen LogP) is -0.415. The summed E-state index contributed by atoms with van der Waals surface area (Å²) in [5.74, 6) is 0.269. The summed E-state index contributed by atoms with van der Waals surface area (Å²) in [6, 6.07) is 0. The van der Waals surface area contributed by atoms with E-state index in [9.17, 15) is 16.8 Å². The van der Waals surface area contributed by atoms with E-state index >= 15 is 0 Å². The zero-order chi connectivity index (χ0) is 14.3. The maximum absolute atomic E-state index is 12.0. The van der Waals surface area contributed by atoms with Crippen LogP contribution in [-0.2, 0) is 26.4 Å². The first-order chi connectivity index (χ1) is 8.77. The fraction of sp³-hybridized carbons (Fsp3) is 0.778. The smallest absolute Gasteiger partial charge is 0.273 e. The van der Waals surface area contributed by atoms with Crippen molar-refractivity contribution in [3.8, 4) is 0 Å². The van der Waals surface area contributed by atoms with Gasteiger partial charge in [0.15, 0.2) is 15.7 Å². The minimum atomic E-state index is -4.01. The Morgan fingerprint density at radius 2 is 2.05 bits per heavy atom. The molecule has 1 aromatic heterocycles. The van der Waals surface area contributed by atoms with Crippen LogP contribution in [-0.4, -0.2) is 37.4 Å². The quantitative estimate of drug-likeness (QED) is 0.808. The molecule has 2 heterocycles. The standard InChI is InChI=1S/C9H16N4O4S2/c1-2-13-8(11-12-9(13)19(10,16)17)7-5-3-4-6-18(7,14)15/h7H,2-6H2,1H3,(H2,10,16,17). The number of primary sulfonamides is 1. The zero-order valence-corrected chi connectivity index (χ0v) is 12.1. The van der Waals surface area contributed by atoms with Gasteiger partial charge in [0.25, 0.3) is 15.2 Å². The van der Waals surface area contributed by atoms with Crippen molar-refractivity contribution < 1.29 is 16.8 Å². The van der Waals surface area contributed by atoms with Crippen LogP contribution in [0, 0.1) is 0 Å². The van der Waals surface area contributed by atoms with Crippen molar-refractivity contribution in [2.75, 3.05) is 5.75 Å². The lowest BCUT2D eigenvalue weighted by Crippen LogP contribution is -2.26. The third kappa shape index (κ3) is 2.65. The van der Waals surface area contributed by atoms with Gasteiger partial charge in [0, 0.05) is 6.54 Å². The van der Waals surface area contributed by atoms with Crippen molar-refractivity contribution in [2.24, 2.45) is 5.14 Å². The SMILES string of the molecule is CCn1c(C2CCCCS2(=O)=O)nnc1S(N)(=O)=O. The number of rotatable bonds is 3. The van der Waals surface area contributed by atoms with E-state index in [4.69, 9.17) is 5.14 Å². The maximum atomic E-state index is 12.0. The number of hydrogen-bond donors (Lipinski definition) is 1. The molecule has 1 fully saturated rings. The van der Waals surface area contributed by atoms with Crippen molar-refractivity contribution in [3.05, 3.63) is 5.82 Å². The fourth-order valence-electron chi connectivity index (χ4n) is 2.29. The van der Waals surface area contributed by atoms with Crippen LogP contribution in [0.5, 0.6) is 0 Å². The van der Waals surface area contributed by atoms with Crippen LogP contribution in [0.4, 0.5) is 0 Å². The molecule has 108 valence electrons. The van der Waals surface area contributed by atoms with E-state index in [0.717, 1.165) is 6.42 Å². The second-order valence-corrected chi connectivity index (χ2v) is 8.24. The van der Waals surface area contributed by atoms with Crippen LogP contribution in [0.3, 0.4) is 0 Å². The molecule has 0 amide bonds. The molecule has 0 saturated carbocycles. The average Bonchev–Trinajstić information content (AvgIpc) is 2.71. The normalized spacial score (nSPS) is 23.4. The first-order valence-electron chi connectivity index (χ1n) is 5.95. The summed E-state index contributed by atoms with van der Waals surface area (Å²) in [6.45, 7) is 1.94. The van der Waals surface area contributed by atoms with Crippen LogP contribution in [0.15, 0.2) is 5.16 Å². The summed E-state index contributed by atoms with van der Waals surface area (Å²) >= 11 is 0. The highest BCUT2D eigenvalue weighted by atomic mass is 32.2. The predicted molar refractivity (Wildman–Crippen MR) is 67.4 cm³/mol. The number of sulfonamides is 1. The van der Waals surface area contributed by atoms with Gasteiger partial charge in [0.1, 0.15) is 5.25 Å². The van der Waals surface area contributed by atoms with Crippen molar-refractivity contribution in [2.45, 2.75) is 43.1 Å². The Labute approximate surface area is 112 Å². The fourth-order valence-corrected chi connectivity index (χ4v) is 4.89. The monoisotopic (exact) mass is 308 g/mol. The van der Waals surface area contributed by atoms with Crippen LogP contribution in [0.25, 0.3) is 0 Å². The number of nitrogens with two attached hydrogens (primary N) is 1. The van der Waals surface area contributed by atoms with Gasteiger partial charge in [0.05, 0.1) is 5.75 Å². The third-order valence-electron chi connectivity index (χ3n) is 3.18. The molecular formula is C9H16N4O4S2. The lowest BCUT2D eigenvalue weighted by atomic mass is 10.2. The summed E-state index contributed by atoms with van der Waals surface area (Å²) in [4.78, 5) is 0. The van der Waals surface area contributed by atoms with E-state index in [2.05, 4.69) is 10.2 Å². The minimum Gasteiger partial charge on any atom is -0.300 e. The molecular weight excluding hydrogens is 292 g/mol. The first-order valence-corrected chi connectivity index (χ1v) is 9.21. The molecule has 19 heavy (non-hydrogen) atoms. The maximum Gasteiger partial charge on any atom is 0.273 e. The highest BCUT2D eigenvalue weighted by Gasteiger charge is 2.35. The molecule has 0 aromatic carbocycles. The molecule has 1 aliphatic heterocycles. The van der Waals surface area contributed by atoms with Crippen LogP contribution in [0.1, 0.15) is 37.3 Å². The second-order valence-electron chi connectivity index (χ2n) is 4.48. The van der Waals surface area contributed by atoms with Gasteiger partial charge in [0.2, 0.25) is 0 Å². The van der Waals surface area contributed by atoms with Gasteiger partial charge < -0.3 is 0 Å². The van der Waals surface area contributed by atoms with Crippen molar-refractivity contribution >= 4 is 19.9 Å². The van der Waals surface area contributed by atoms with Gasteiger partial charge in [-0.1, -0.05) is 6.42 Å². The molecule has 1 saturated heterocycles.